The molecule has 0 atom stereocenters. The normalized spacial score (nSPS) is 12.0. The van der Waals surface area contributed by atoms with Crippen LogP contribution in [0.5, 0.6) is 17.4 Å². The van der Waals surface area contributed by atoms with Crippen LogP contribution in [0.2, 0.25) is 0 Å². The van der Waals surface area contributed by atoms with Crippen LogP contribution < -0.4 is 19.5 Å². The van der Waals surface area contributed by atoms with Crippen molar-refractivity contribution in [2.24, 2.45) is 7.05 Å². The van der Waals surface area contributed by atoms with E-state index in [2.05, 4.69) is 15.3 Å². The Hall–Kier alpha value is -4.37. The highest BCUT2D eigenvalue weighted by atomic mass is 32.2. The number of sulfonamides is 1. The summed E-state index contributed by atoms with van der Waals surface area (Å²) < 4.78 is 79.2. The summed E-state index contributed by atoms with van der Waals surface area (Å²) >= 11 is 0. The maximum atomic E-state index is 13.6. The largest absolute Gasteiger partial charge is 0.492 e. The fraction of sp³-hybridized carbons (Fsp3) is 0.269. The maximum Gasteiger partial charge on any atom is 0.416 e. The molecule has 1 amide bonds. The van der Waals surface area contributed by atoms with E-state index in [1.807, 2.05) is 23.7 Å². The van der Waals surface area contributed by atoms with Crippen molar-refractivity contribution >= 4 is 38.2 Å². The average molecular weight is 593 g/mol. The number of aromatic nitrogens is 3. The number of benzene rings is 2. The van der Waals surface area contributed by atoms with E-state index in [4.69, 9.17) is 9.47 Å². The van der Waals surface area contributed by atoms with Crippen LogP contribution in [0.25, 0.3) is 10.9 Å². The number of fused-ring (bicyclic) bond motifs is 1. The lowest BCUT2D eigenvalue weighted by atomic mass is 10.1. The van der Waals surface area contributed by atoms with Crippen molar-refractivity contribution in [1.82, 2.24) is 19.4 Å². The van der Waals surface area contributed by atoms with E-state index >= 15 is 0 Å². The number of amides is 1. The number of hydrogen-bond acceptors (Lipinski definition) is 8. The molecule has 0 radical (unpaired) electrons. The van der Waals surface area contributed by atoms with Gasteiger partial charge in [0, 0.05) is 24.7 Å². The van der Waals surface area contributed by atoms with Gasteiger partial charge in [-0.25, -0.2) is 13.4 Å². The van der Waals surface area contributed by atoms with Gasteiger partial charge in [-0.3, -0.25) is 9.52 Å². The number of carbonyl (C=O) groups excluding carboxylic acids is 1. The number of methoxy groups -OCH3 is 1. The number of carbonyl (C=O) groups is 1. The van der Waals surface area contributed by atoms with Crippen molar-refractivity contribution in [3.8, 4) is 17.4 Å². The third kappa shape index (κ3) is 6.86. The van der Waals surface area contributed by atoms with Crippen molar-refractivity contribution in [3.05, 3.63) is 65.7 Å². The maximum absolute atomic E-state index is 13.6. The second kappa shape index (κ2) is 11.2. The van der Waals surface area contributed by atoms with Crippen LogP contribution in [-0.2, 0) is 29.8 Å². The smallest absolute Gasteiger partial charge is 0.416 e. The highest BCUT2D eigenvalue weighted by Gasteiger charge is 2.33. The zero-order chi connectivity index (χ0) is 30.1. The summed E-state index contributed by atoms with van der Waals surface area (Å²) in [5.41, 5.74) is -1.43. The van der Waals surface area contributed by atoms with E-state index in [9.17, 15) is 26.4 Å². The van der Waals surface area contributed by atoms with E-state index in [1.54, 1.807) is 43.6 Å². The molecule has 0 unspecified atom stereocenters. The number of anilines is 2. The number of nitrogens with zero attached hydrogens (tertiary/aromatic N) is 4. The minimum atomic E-state index is -4.83. The van der Waals surface area contributed by atoms with Crippen LogP contribution in [0.3, 0.4) is 0 Å². The first-order chi connectivity index (χ1) is 19.2. The molecule has 4 rings (SSSR count). The first kappa shape index (κ1) is 29.6. The van der Waals surface area contributed by atoms with Crippen molar-refractivity contribution in [3.63, 3.8) is 0 Å². The quantitative estimate of drug-likeness (QED) is 0.291. The Morgan fingerprint density at radius 1 is 1.12 bits per heavy atom. The van der Waals surface area contributed by atoms with Gasteiger partial charge in [-0.15, -0.1) is 0 Å². The Labute approximate surface area is 234 Å². The second-order valence-electron chi connectivity index (χ2n) is 9.36. The predicted octanol–water partition coefficient (Wildman–Crippen LogP) is 4.47. The van der Waals surface area contributed by atoms with Gasteiger partial charge in [-0.05, 0) is 38.4 Å². The second-order valence-corrected chi connectivity index (χ2v) is 11.1. The number of aryl methyl sites for hydroxylation is 1. The summed E-state index contributed by atoms with van der Waals surface area (Å²) in [6.07, 6.45) is -2.48. The van der Waals surface area contributed by atoms with Crippen LogP contribution in [0.15, 0.2) is 48.7 Å². The molecule has 2 heterocycles. The van der Waals surface area contributed by atoms with E-state index in [0.717, 1.165) is 13.4 Å². The number of ether oxygens (including phenoxy) is 2. The van der Waals surface area contributed by atoms with E-state index in [-0.39, 0.29) is 23.0 Å². The van der Waals surface area contributed by atoms with Gasteiger partial charge in [0.1, 0.15) is 11.5 Å². The summed E-state index contributed by atoms with van der Waals surface area (Å²) in [6.45, 7) is 0.496. The monoisotopic (exact) mass is 592 g/mol. The molecule has 2 aromatic carbocycles. The Kier molecular flexibility index (Phi) is 8.12. The third-order valence-electron chi connectivity index (χ3n) is 5.77. The zero-order valence-corrected chi connectivity index (χ0v) is 23.5. The van der Waals surface area contributed by atoms with Crippen molar-refractivity contribution < 1.29 is 35.9 Å². The molecule has 2 N–H and O–H groups in total. The number of halogens is 3. The van der Waals surface area contributed by atoms with Gasteiger partial charge in [-0.2, -0.15) is 18.2 Å². The zero-order valence-electron chi connectivity index (χ0n) is 22.7. The van der Waals surface area contributed by atoms with Crippen molar-refractivity contribution in [1.29, 1.82) is 0 Å². The predicted molar refractivity (Wildman–Crippen MR) is 147 cm³/mol. The first-order valence-corrected chi connectivity index (χ1v) is 13.9. The van der Waals surface area contributed by atoms with Gasteiger partial charge in [0.05, 0.1) is 42.4 Å². The lowest BCUT2D eigenvalue weighted by Gasteiger charge is -2.18. The van der Waals surface area contributed by atoms with Crippen molar-refractivity contribution in [2.75, 3.05) is 37.5 Å². The van der Waals surface area contributed by atoms with E-state index in [1.165, 1.54) is 4.57 Å². The van der Waals surface area contributed by atoms with Crippen LogP contribution in [-0.4, -0.2) is 61.2 Å². The Bertz CT molecular complexity index is 1720. The van der Waals surface area contributed by atoms with Gasteiger partial charge < -0.3 is 24.3 Å². The summed E-state index contributed by atoms with van der Waals surface area (Å²) in [7, 11) is 2.53. The molecule has 11 nitrogen and oxygen atoms in total. The Morgan fingerprint density at radius 2 is 1.83 bits per heavy atom. The molecule has 0 aliphatic heterocycles. The van der Waals surface area contributed by atoms with Gasteiger partial charge in [0.15, 0.2) is 11.5 Å². The molecular weight excluding hydrogens is 565 g/mol. The molecule has 0 spiro atoms. The highest BCUT2D eigenvalue weighted by molar-refractivity contribution is 7.92. The summed E-state index contributed by atoms with van der Waals surface area (Å²) in [5, 5.41) is 3.05. The molecule has 2 aromatic heterocycles. The number of para-hydroxylation sites is 1. The fourth-order valence-corrected chi connectivity index (χ4v) is 4.71. The van der Waals surface area contributed by atoms with Crippen LogP contribution in [0.1, 0.15) is 21.9 Å². The van der Waals surface area contributed by atoms with Gasteiger partial charge >= 0.3 is 6.18 Å². The lowest BCUT2D eigenvalue weighted by molar-refractivity contribution is -0.137. The van der Waals surface area contributed by atoms with Crippen LogP contribution >= 0.6 is 0 Å². The molecule has 0 aliphatic carbocycles. The van der Waals surface area contributed by atoms with Gasteiger partial charge in [0.25, 0.3) is 5.91 Å². The van der Waals surface area contributed by atoms with E-state index < -0.39 is 33.4 Å². The highest BCUT2D eigenvalue weighted by Crippen LogP contribution is 2.41. The molecule has 4 aromatic rings. The molecule has 15 heteroatoms. The SMILES string of the molecule is COc1c(NC(=O)c2cc3cccc(Oc4ccnc(CN(C)C)n4)c3n2C)cc(C(F)(F)F)cc1NS(C)(=O)=O. The minimum Gasteiger partial charge on any atom is -0.492 e. The van der Waals surface area contributed by atoms with Crippen LogP contribution in [0.4, 0.5) is 24.5 Å². The van der Waals surface area contributed by atoms with E-state index in [0.29, 0.717) is 41.2 Å². The number of nitrogens with one attached hydrogen (secondary N) is 2. The third-order valence-corrected chi connectivity index (χ3v) is 6.36. The summed E-state index contributed by atoms with van der Waals surface area (Å²) in [5.74, 6) is 0.155. The Balaban J connectivity index is 1.72. The fourth-order valence-electron chi connectivity index (χ4n) is 4.16. The van der Waals surface area contributed by atoms with Gasteiger partial charge in [-0.1, -0.05) is 12.1 Å². The molecule has 0 saturated heterocycles. The summed E-state index contributed by atoms with van der Waals surface area (Å²) in [4.78, 5) is 23.9. The molecule has 0 aliphatic rings. The number of alkyl halides is 3. The van der Waals surface area contributed by atoms with Gasteiger partial charge in [0.2, 0.25) is 15.9 Å². The summed E-state index contributed by atoms with van der Waals surface area (Å²) in [6, 6.07) is 9.56. The molecule has 0 bridgehead atoms. The average Bonchev–Trinajstić information content (AvgIpc) is 3.19. The lowest BCUT2D eigenvalue weighted by Crippen LogP contribution is -2.18. The number of rotatable bonds is 9. The topological polar surface area (TPSA) is 128 Å². The standard InChI is InChI=1S/C26H27F3N6O5S/c1-34(2)14-21-30-10-9-22(32-21)40-20-8-6-7-15-11-19(35(3)23(15)20)25(36)31-17-12-16(26(27,28)29)13-18(24(17)39-4)33-41(5,37)38/h6-13,33H,14H2,1-5H3,(H,31,36). The number of hydrogen-bond donors (Lipinski definition) is 2. The molecule has 218 valence electrons. The van der Waals surface area contributed by atoms with Crippen molar-refractivity contribution in [2.45, 2.75) is 12.7 Å². The Morgan fingerprint density at radius 3 is 2.46 bits per heavy atom. The first-order valence-electron chi connectivity index (χ1n) is 12.0. The molecule has 41 heavy (non-hydrogen) atoms. The van der Waals surface area contributed by atoms with Crippen LogP contribution in [0, 0.1) is 0 Å². The minimum absolute atomic E-state index is 0.0871. The molecule has 0 saturated carbocycles. The molecular formula is C26H27F3N6O5S. The molecule has 0 fully saturated rings.